The van der Waals surface area contributed by atoms with Gasteiger partial charge in [0.05, 0.1) is 11.8 Å². The number of amidine groups is 1. The summed E-state index contributed by atoms with van der Waals surface area (Å²) in [5.41, 5.74) is 2.04. The van der Waals surface area contributed by atoms with Gasteiger partial charge in [0.25, 0.3) is 0 Å². The van der Waals surface area contributed by atoms with Crippen LogP contribution in [0.5, 0.6) is 0 Å². The Labute approximate surface area is 118 Å². The highest BCUT2D eigenvalue weighted by molar-refractivity contribution is 8.15. The van der Waals surface area contributed by atoms with E-state index < -0.39 is 0 Å². The standard InChI is InChI=1S/C15H18N2OS/c1-10(2)13-14(18)17-15(19-13)16-9-11(3)12-7-5-4-6-8-12/h4-8,10,13H,3,9H2,1-2H3,(H,16,17,18)/t13-/m0/s1. The van der Waals surface area contributed by atoms with Crippen molar-refractivity contribution in [3.8, 4) is 0 Å². The van der Waals surface area contributed by atoms with Crippen molar-refractivity contribution in [2.24, 2.45) is 10.9 Å². The second-order valence-electron chi connectivity index (χ2n) is 4.86. The lowest BCUT2D eigenvalue weighted by Crippen LogP contribution is -2.27. The number of thioether (sulfide) groups is 1. The van der Waals surface area contributed by atoms with E-state index in [4.69, 9.17) is 0 Å². The van der Waals surface area contributed by atoms with Gasteiger partial charge in [-0.05, 0) is 17.1 Å². The minimum absolute atomic E-state index is 0.0243. The van der Waals surface area contributed by atoms with Crippen LogP contribution in [0.2, 0.25) is 0 Å². The third-order valence-corrected chi connectivity index (χ3v) is 4.39. The summed E-state index contributed by atoms with van der Waals surface area (Å²) in [5.74, 6) is 0.374. The molecule has 1 heterocycles. The average Bonchev–Trinajstić information content (AvgIpc) is 2.78. The summed E-state index contributed by atoms with van der Waals surface area (Å²) in [5, 5.41) is 3.51. The molecule has 2 rings (SSSR count). The molecule has 4 heteroatoms. The van der Waals surface area contributed by atoms with Crippen molar-refractivity contribution in [3.05, 3.63) is 42.5 Å². The number of aliphatic imine (C=N–C) groups is 1. The van der Waals surface area contributed by atoms with Crippen LogP contribution in [-0.4, -0.2) is 22.9 Å². The highest BCUT2D eigenvalue weighted by atomic mass is 32.2. The van der Waals surface area contributed by atoms with Crippen LogP contribution in [0.15, 0.2) is 41.9 Å². The molecule has 0 saturated carbocycles. The summed E-state index contributed by atoms with van der Waals surface area (Å²) in [6.45, 7) is 8.63. The second-order valence-corrected chi connectivity index (χ2v) is 5.99. The molecule has 3 nitrogen and oxygen atoms in total. The first-order valence-electron chi connectivity index (χ1n) is 6.33. The van der Waals surface area contributed by atoms with Crippen molar-refractivity contribution in [1.82, 2.24) is 5.32 Å². The van der Waals surface area contributed by atoms with Gasteiger partial charge >= 0.3 is 0 Å². The molecular weight excluding hydrogens is 256 g/mol. The molecule has 0 radical (unpaired) electrons. The van der Waals surface area contributed by atoms with Crippen LogP contribution >= 0.6 is 11.8 Å². The largest absolute Gasteiger partial charge is 0.304 e. The quantitative estimate of drug-likeness (QED) is 0.917. The number of nitrogens with one attached hydrogen (secondary N) is 1. The van der Waals surface area contributed by atoms with Crippen LogP contribution in [0.3, 0.4) is 0 Å². The Kier molecular flexibility index (Phi) is 4.43. The maximum absolute atomic E-state index is 11.7. The minimum atomic E-state index is -0.0243. The summed E-state index contributed by atoms with van der Waals surface area (Å²) >= 11 is 1.51. The number of carbonyl (C=O) groups excluding carboxylic acids is 1. The van der Waals surface area contributed by atoms with Gasteiger partial charge in [-0.3, -0.25) is 9.79 Å². The predicted molar refractivity (Wildman–Crippen MR) is 82.1 cm³/mol. The minimum Gasteiger partial charge on any atom is -0.304 e. The van der Waals surface area contributed by atoms with Gasteiger partial charge in [-0.2, -0.15) is 0 Å². The molecule has 1 amide bonds. The summed E-state index contributed by atoms with van der Waals surface area (Å²) in [4.78, 5) is 16.1. The van der Waals surface area contributed by atoms with Crippen LogP contribution in [-0.2, 0) is 4.79 Å². The van der Waals surface area contributed by atoms with E-state index in [9.17, 15) is 4.79 Å². The Morgan fingerprint density at radius 1 is 1.42 bits per heavy atom. The van der Waals surface area contributed by atoms with Gasteiger partial charge in [-0.15, -0.1) is 0 Å². The molecular formula is C15H18N2OS. The highest BCUT2D eigenvalue weighted by Gasteiger charge is 2.32. The summed E-state index contributed by atoms with van der Waals surface area (Å²) in [7, 11) is 0. The van der Waals surface area contributed by atoms with Crippen molar-refractivity contribution in [2.75, 3.05) is 6.54 Å². The lowest BCUT2D eigenvalue weighted by Gasteiger charge is -2.07. The van der Waals surface area contributed by atoms with Crippen LogP contribution < -0.4 is 5.32 Å². The third kappa shape index (κ3) is 3.47. The van der Waals surface area contributed by atoms with Gasteiger partial charge in [0.1, 0.15) is 0 Å². The van der Waals surface area contributed by atoms with E-state index >= 15 is 0 Å². The first kappa shape index (κ1) is 13.9. The van der Waals surface area contributed by atoms with Crippen molar-refractivity contribution in [2.45, 2.75) is 19.1 Å². The first-order valence-corrected chi connectivity index (χ1v) is 7.21. The van der Waals surface area contributed by atoms with Gasteiger partial charge in [0, 0.05) is 0 Å². The molecule has 1 atom stereocenters. The van der Waals surface area contributed by atoms with Crippen LogP contribution in [0.25, 0.3) is 5.57 Å². The molecule has 1 aliphatic rings. The zero-order chi connectivity index (χ0) is 13.8. The van der Waals surface area contributed by atoms with Gasteiger partial charge in [0.2, 0.25) is 5.91 Å². The lowest BCUT2D eigenvalue weighted by atomic mass is 10.1. The monoisotopic (exact) mass is 274 g/mol. The van der Waals surface area contributed by atoms with Gasteiger partial charge < -0.3 is 5.32 Å². The smallest absolute Gasteiger partial charge is 0.239 e. The molecule has 0 unspecified atom stereocenters. The van der Waals surface area contributed by atoms with Gasteiger partial charge in [-0.1, -0.05) is 62.5 Å². The summed E-state index contributed by atoms with van der Waals surface area (Å²) in [6, 6.07) is 9.96. The molecule has 0 bridgehead atoms. The average molecular weight is 274 g/mol. The number of rotatable bonds is 4. The fourth-order valence-corrected chi connectivity index (χ4v) is 2.81. The zero-order valence-corrected chi connectivity index (χ0v) is 12.0. The van der Waals surface area contributed by atoms with Crippen molar-refractivity contribution in [3.63, 3.8) is 0 Å². The number of hydrogen-bond acceptors (Lipinski definition) is 3. The Balaban J connectivity index is 1.97. The highest BCUT2D eigenvalue weighted by Crippen LogP contribution is 2.26. The molecule has 0 aliphatic carbocycles. The maximum atomic E-state index is 11.7. The molecule has 1 aliphatic heterocycles. The van der Waals surface area contributed by atoms with Crippen molar-refractivity contribution >= 4 is 28.4 Å². The SMILES string of the molecule is C=C(CN=C1NC(=O)[C@H](C(C)C)S1)c1ccccc1. The van der Waals surface area contributed by atoms with E-state index in [0.29, 0.717) is 17.6 Å². The summed E-state index contributed by atoms with van der Waals surface area (Å²) in [6.07, 6.45) is 0. The Morgan fingerprint density at radius 3 is 2.68 bits per heavy atom. The molecule has 1 N–H and O–H groups in total. The maximum Gasteiger partial charge on any atom is 0.239 e. The molecule has 1 fully saturated rings. The van der Waals surface area contributed by atoms with Crippen LogP contribution in [0.1, 0.15) is 19.4 Å². The van der Waals surface area contributed by atoms with Gasteiger partial charge in [-0.25, -0.2) is 0 Å². The first-order chi connectivity index (χ1) is 9.08. The molecule has 19 heavy (non-hydrogen) atoms. The number of nitrogens with zero attached hydrogens (tertiary/aromatic N) is 1. The van der Waals surface area contributed by atoms with Crippen molar-refractivity contribution < 1.29 is 4.79 Å². The summed E-state index contributed by atoms with van der Waals surface area (Å²) < 4.78 is 0. The van der Waals surface area contributed by atoms with Gasteiger partial charge in [0.15, 0.2) is 5.17 Å². The fourth-order valence-electron chi connectivity index (χ4n) is 1.83. The fraction of sp³-hybridized carbons (Fsp3) is 0.333. The van der Waals surface area contributed by atoms with Crippen LogP contribution in [0.4, 0.5) is 0 Å². The van der Waals surface area contributed by atoms with E-state index in [0.717, 1.165) is 11.1 Å². The Hall–Kier alpha value is -1.55. The normalized spacial score (nSPS) is 20.9. The van der Waals surface area contributed by atoms with Crippen molar-refractivity contribution in [1.29, 1.82) is 0 Å². The predicted octanol–water partition coefficient (Wildman–Crippen LogP) is 2.94. The zero-order valence-electron chi connectivity index (χ0n) is 11.2. The Bertz CT molecular complexity index is 508. The number of amides is 1. The Morgan fingerprint density at radius 2 is 2.11 bits per heavy atom. The number of hydrogen-bond donors (Lipinski definition) is 1. The van der Waals surface area contributed by atoms with E-state index in [-0.39, 0.29) is 11.2 Å². The number of benzene rings is 1. The lowest BCUT2D eigenvalue weighted by molar-refractivity contribution is -0.119. The van der Waals surface area contributed by atoms with E-state index in [1.54, 1.807) is 0 Å². The topological polar surface area (TPSA) is 41.5 Å². The molecule has 1 saturated heterocycles. The molecule has 1 aromatic rings. The molecule has 0 aromatic heterocycles. The third-order valence-electron chi connectivity index (χ3n) is 2.93. The van der Waals surface area contributed by atoms with E-state index in [1.165, 1.54) is 11.8 Å². The molecule has 0 spiro atoms. The number of carbonyl (C=O) groups is 1. The molecule has 1 aromatic carbocycles. The van der Waals surface area contributed by atoms with Crippen LogP contribution in [0, 0.1) is 5.92 Å². The second kappa shape index (κ2) is 6.06. The van der Waals surface area contributed by atoms with E-state index in [2.05, 4.69) is 16.9 Å². The van der Waals surface area contributed by atoms with E-state index in [1.807, 2.05) is 44.2 Å². The molecule has 100 valence electrons.